The lowest BCUT2D eigenvalue weighted by atomic mass is 10.1. The monoisotopic (exact) mass is 370 g/mol. The minimum Gasteiger partial charge on any atom is -0.338 e. The minimum absolute atomic E-state index is 0.00485. The van der Waals surface area contributed by atoms with E-state index in [1.165, 1.54) is 0 Å². The zero-order valence-electron chi connectivity index (χ0n) is 15.9. The molecular formula is C23H22N4O. The van der Waals surface area contributed by atoms with Crippen LogP contribution in [0.15, 0.2) is 60.8 Å². The number of aryl methyl sites for hydroxylation is 1. The van der Waals surface area contributed by atoms with Gasteiger partial charge in [0.05, 0.1) is 11.6 Å². The van der Waals surface area contributed by atoms with Crippen LogP contribution in [0.2, 0.25) is 0 Å². The molecule has 5 nitrogen and oxygen atoms in total. The number of rotatable bonds is 4. The molecule has 1 atom stereocenters. The van der Waals surface area contributed by atoms with Crippen molar-refractivity contribution in [1.29, 1.82) is 5.26 Å². The Hall–Kier alpha value is -3.39. The van der Waals surface area contributed by atoms with Crippen molar-refractivity contribution in [3.63, 3.8) is 0 Å². The molecule has 1 saturated heterocycles. The van der Waals surface area contributed by atoms with Crippen LogP contribution in [-0.2, 0) is 6.54 Å². The maximum Gasteiger partial charge on any atom is 0.253 e. The molecule has 2 aromatic carbocycles. The molecule has 0 radical (unpaired) electrons. The summed E-state index contributed by atoms with van der Waals surface area (Å²) in [5.74, 6) is 1.37. The highest BCUT2D eigenvalue weighted by Gasteiger charge is 2.28. The van der Waals surface area contributed by atoms with Gasteiger partial charge in [-0.25, -0.2) is 4.98 Å². The standard InChI is InChI=1S/C23H22N4O/c1-17-14-25-22(20-7-3-2-4-8-20)27(17)16-19-10-11-26(15-19)23(28)21-9-5-6-18(12-21)13-24/h2-9,12,14,19H,10-11,15-16H2,1H3. The quantitative estimate of drug-likeness (QED) is 0.700. The van der Waals surface area contributed by atoms with Crippen LogP contribution in [0.1, 0.15) is 28.0 Å². The second-order valence-electron chi connectivity index (χ2n) is 7.30. The summed E-state index contributed by atoms with van der Waals surface area (Å²) in [4.78, 5) is 19.3. The highest BCUT2D eigenvalue weighted by atomic mass is 16.2. The predicted molar refractivity (Wildman–Crippen MR) is 108 cm³/mol. The number of aromatic nitrogens is 2. The zero-order chi connectivity index (χ0) is 19.5. The van der Waals surface area contributed by atoms with E-state index >= 15 is 0 Å². The van der Waals surface area contributed by atoms with Gasteiger partial charge in [-0.15, -0.1) is 0 Å². The average molecular weight is 370 g/mol. The lowest BCUT2D eigenvalue weighted by Crippen LogP contribution is -2.29. The van der Waals surface area contributed by atoms with Crippen LogP contribution in [0, 0.1) is 24.2 Å². The van der Waals surface area contributed by atoms with E-state index in [-0.39, 0.29) is 5.91 Å². The van der Waals surface area contributed by atoms with Crippen LogP contribution in [0.3, 0.4) is 0 Å². The topological polar surface area (TPSA) is 61.9 Å². The third-order valence-electron chi connectivity index (χ3n) is 5.34. The van der Waals surface area contributed by atoms with Gasteiger partial charge in [-0.3, -0.25) is 4.79 Å². The first kappa shape index (κ1) is 18.0. The van der Waals surface area contributed by atoms with Crippen LogP contribution in [-0.4, -0.2) is 33.4 Å². The maximum atomic E-state index is 12.8. The fourth-order valence-corrected chi connectivity index (χ4v) is 3.84. The molecule has 0 saturated carbocycles. The van der Waals surface area contributed by atoms with Crippen LogP contribution in [0.4, 0.5) is 0 Å². The summed E-state index contributed by atoms with van der Waals surface area (Å²) >= 11 is 0. The number of hydrogen-bond acceptors (Lipinski definition) is 3. The Bertz CT molecular complexity index is 1030. The normalized spacial score (nSPS) is 16.1. The van der Waals surface area contributed by atoms with Crippen molar-refractivity contribution in [2.24, 2.45) is 5.92 Å². The largest absolute Gasteiger partial charge is 0.338 e. The van der Waals surface area contributed by atoms with Crippen molar-refractivity contribution in [3.8, 4) is 17.5 Å². The van der Waals surface area contributed by atoms with Crippen molar-refractivity contribution in [2.45, 2.75) is 19.9 Å². The number of hydrogen-bond donors (Lipinski definition) is 0. The summed E-state index contributed by atoms with van der Waals surface area (Å²) in [7, 11) is 0. The van der Waals surface area contributed by atoms with Gasteiger partial charge in [-0.2, -0.15) is 5.26 Å². The molecule has 2 heterocycles. The fraction of sp³-hybridized carbons (Fsp3) is 0.261. The molecule has 1 aliphatic heterocycles. The van der Waals surface area contributed by atoms with Gasteiger partial charge in [-0.05, 0) is 37.5 Å². The molecule has 1 aliphatic rings. The second kappa shape index (κ2) is 7.69. The van der Waals surface area contributed by atoms with Gasteiger partial charge in [0.1, 0.15) is 5.82 Å². The van der Waals surface area contributed by atoms with E-state index in [0.29, 0.717) is 17.0 Å². The highest BCUT2D eigenvalue weighted by Crippen LogP contribution is 2.25. The Balaban J connectivity index is 1.48. The first-order chi connectivity index (χ1) is 13.7. The number of amides is 1. The number of nitriles is 1. The van der Waals surface area contributed by atoms with Crippen molar-refractivity contribution in [2.75, 3.05) is 13.1 Å². The Labute approximate surface area is 164 Å². The summed E-state index contributed by atoms with van der Waals surface area (Å²) in [6.45, 7) is 4.39. The Morgan fingerprint density at radius 2 is 2.04 bits per heavy atom. The number of likely N-dealkylation sites (tertiary alicyclic amines) is 1. The van der Waals surface area contributed by atoms with Gasteiger partial charge in [0.25, 0.3) is 5.91 Å². The minimum atomic E-state index is 0.00485. The Kier molecular flexibility index (Phi) is 4.94. The van der Waals surface area contributed by atoms with Gasteiger partial charge in [-0.1, -0.05) is 36.4 Å². The molecule has 140 valence electrons. The average Bonchev–Trinajstić information content (AvgIpc) is 3.36. The Morgan fingerprint density at radius 1 is 1.21 bits per heavy atom. The van der Waals surface area contributed by atoms with Crippen LogP contribution < -0.4 is 0 Å². The number of benzene rings is 2. The van der Waals surface area contributed by atoms with Crippen LogP contribution in [0.25, 0.3) is 11.4 Å². The van der Waals surface area contributed by atoms with Crippen molar-refractivity contribution < 1.29 is 4.79 Å². The molecule has 1 unspecified atom stereocenters. The van der Waals surface area contributed by atoms with Crippen molar-refractivity contribution >= 4 is 5.91 Å². The van der Waals surface area contributed by atoms with Crippen LogP contribution in [0.5, 0.6) is 0 Å². The highest BCUT2D eigenvalue weighted by molar-refractivity contribution is 5.94. The zero-order valence-corrected chi connectivity index (χ0v) is 15.9. The molecule has 0 spiro atoms. The molecule has 5 heteroatoms. The summed E-state index contributed by atoms with van der Waals surface area (Å²) in [5.41, 5.74) is 3.34. The van der Waals surface area contributed by atoms with Crippen molar-refractivity contribution in [1.82, 2.24) is 14.5 Å². The lowest BCUT2D eigenvalue weighted by molar-refractivity contribution is 0.0786. The maximum absolute atomic E-state index is 12.8. The van der Waals surface area contributed by atoms with Crippen LogP contribution >= 0.6 is 0 Å². The number of imidazole rings is 1. The second-order valence-corrected chi connectivity index (χ2v) is 7.30. The molecule has 0 bridgehead atoms. The summed E-state index contributed by atoms with van der Waals surface area (Å²) in [6.07, 6.45) is 2.88. The van der Waals surface area contributed by atoms with Gasteiger partial charge in [0.2, 0.25) is 0 Å². The molecule has 28 heavy (non-hydrogen) atoms. The molecule has 3 aromatic rings. The summed E-state index contributed by atoms with van der Waals surface area (Å²) in [5, 5.41) is 9.06. The molecular weight excluding hydrogens is 348 g/mol. The predicted octanol–water partition coefficient (Wildman–Crippen LogP) is 3.89. The fourth-order valence-electron chi connectivity index (χ4n) is 3.84. The lowest BCUT2D eigenvalue weighted by Gasteiger charge is -2.18. The number of carbonyl (C=O) groups is 1. The molecule has 1 aromatic heterocycles. The summed E-state index contributed by atoms with van der Waals surface area (Å²) in [6, 6.07) is 19.2. The van der Waals surface area contributed by atoms with Crippen molar-refractivity contribution in [3.05, 3.63) is 77.6 Å². The molecule has 0 N–H and O–H groups in total. The SMILES string of the molecule is Cc1cnc(-c2ccccc2)n1CC1CCN(C(=O)c2cccc(C#N)c2)C1. The third kappa shape index (κ3) is 3.54. The summed E-state index contributed by atoms with van der Waals surface area (Å²) < 4.78 is 2.25. The van der Waals surface area contributed by atoms with Gasteiger partial charge in [0, 0.05) is 42.7 Å². The van der Waals surface area contributed by atoms with Gasteiger partial charge < -0.3 is 9.47 Å². The van der Waals surface area contributed by atoms with E-state index in [1.54, 1.807) is 24.3 Å². The first-order valence-corrected chi connectivity index (χ1v) is 9.52. The smallest absolute Gasteiger partial charge is 0.253 e. The molecule has 1 fully saturated rings. The number of nitrogens with zero attached hydrogens (tertiary/aromatic N) is 4. The van der Waals surface area contributed by atoms with Gasteiger partial charge >= 0.3 is 0 Å². The molecule has 0 aliphatic carbocycles. The first-order valence-electron chi connectivity index (χ1n) is 9.52. The van der Waals surface area contributed by atoms with E-state index in [1.807, 2.05) is 29.3 Å². The van der Waals surface area contributed by atoms with E-state index < -0.39 is 0 Å². The Morgan fingerprint density at radius 3 is 2.82 bits per heavy atom. The van der Waals surface area contributed by atoms with Gasteiger partial charge in [0.15, 0.2) is 0 Å². The third-order valence-corrected chi connectivity index (χ3v) is 5.34. The number of carbonyl (C=O) groups excluding carboxylic acids is 1. The van der Waals surface area contributed by atoms with E-state index in [9.17, 15) is 4.79 Å². The van der Waals surface area contributed by atoms with E-state index in [4.69, 9.17) is 5.26 Å². The van der Waals surface area contributed by atoms with E-state index in [0.717, 1.165) is 43.1 Å². The van der Waals surface area contributed by atoms with E-state index in [2.05, 4.69) is 34.7 Å². The molecule has 4 rings (SSSR count). The molecule has 1 amide bonds.